The van der Waals surface area contributed by atoms with Gasteiger partial charge in [-0.05, 0) is 55.2 Å². The Bertz CT molecular complexity index is 503. The van der Waals surface area contributed by atoms with E-state index in [1.807, 2.05) is 0 Å². The Morgan fingerprint density at radius 3 is 2.89 bits per heavy atom. The number of hydrogen-bond donors (Lipinski definition) is 2. The van der Waals surface area contributed by atoms with Gasteiger partial charge in [0.1, 0.15) is 0 Å². The van der Waals surface area contributed by atoms with E-state index in [1.165, 1.54) is 25.7 Å². The van der Waals surface area contributed by atoms with Crippen LogP contribution >= 0.6 is 11.6 Å². The molecule has 0 spiro atoms. The van der Waals surface area contributed by atoms with E-state index in [1.54, 1.807) is 18.2 Å². The Labute approximate surface area is 118 Å². The molecule has 2 aliphatic rings. The Balaban J connectivity index is 1.61. The summed E-state index contributed by atoms with van der Waals surface area (Å²) in [6.45, 7) is 0. The molecular formula is C15H19ClN2O. The molecule has 3 unspecified atom stereocenters. The largest absolute Gasteiger partial charge is 0.397 e. The summed E-state index contributed by atoms with van der Waals surface area (Å²) in [4.78, 5) is 12.1. The summed E-state index contributed by atoms with van der Waals surface area (Å²) in [5.41, 5.74) is 7.02. The van der Waals surface area contributed by atoms with Crippen LogP contribution in [0.3, 0.4) is 0 Å². The first-order valence-electron chi connectivity index (χ1n) is 6.96. The monoisotopic (exact) mass is 278 g/mol. The van der Waals surface area contributed by atoms with Gasteiger partial charge in [0.2, 0.25) is 5.91 Å². The minimum Gasteiger partial charge on any atom is -0.397 e. The Morgan fingerprint density at radius 1 is 1.37 bits per heavy atom. The number of nitrogens with two attached hydrogens (primary N) is 1. The first-order chi connectivity index (χ1) is 9.11. The normalized spacial score (nSPS) is 28.6. The van der Waals surface area contributed by atoms with Crippen molar-refractivity contribution in [2.45, 2.75) is 32.1 Å². The minimum absolute atomic E-state index is 0.0616. The number of benzene rings is 1. The molecule has 0 saturated heterocycles. The Hall–Kier alpha value is -1.22. The molecule has 0 radical (unpaired) electrons. The van der Waals surface area contributed by atoms with Crippen LogP contribution in [0.2, 0.25) is 5.02 Å². The van der Waals surface area contributed by atoms with E-state index >= 15 is 0 Å². The summed E-state index contributed by atoms with van der Waals surface area (Å²) in [6, 6.07) is 5.15. The lowest BCUT2D eigenvalue weighted by Crippen LogP contribution is -2.20. The van der Waals surface area contributed by atoms with Crippen LogP contribution in [0.1, 0.15) is 32.1 Å². The lowest BCUT2D eigenvalue weighted by Gasteiger charge is -2.21. The molecule has 3 rings (SSSR count). The fraction of sp³-hybridized carbons (Fsp3) is 0.533. The maximum Gasteiger partial charge on any atom is 0.224 e. The molecule has 0 aliphatic heterocycles. The lowest BCUT2D eigenvalue weighted by atomic mass is 9.86. The van der Waals surface area contributed by atoms with E-state index in [2.05, 4.69) is 5.32 Å². The maximum atomic E-state index is 12.1. The summed E-state index contributed by atoms with van der Waals surface area (Å²) in [5.74, 6) is 2.28. The highest BCUT2D eigenvalue weighted by Gasteiger charge is 2.40. The number of nitrogen functional groups attached to an aromatic ring is 1. The molecule has 4 heteroatoms. The number of halogens is 1. The standard InChI is InChI=1S/C15H19ClN2O/c16-12-3-4-13(17)14(8-12)18-15(19)7-11-6-9-1-2-10(11)5-9/h3-4,8-11H,1-2,5-7,17H2,(H,18,19). The lowest BCUT2D eigenvalue weighted by molar-refractivity contribution is -0.117. The predicted molar refractivity (Wildman–Crippen MR) is 78.0 cm³/mol. The van der Waals surface area contributed by atoms with Crippen molar-refractivity contribution in [1.29, 1.82) is 0 Å². The molecule has 2 fully saturated rings. The third kappa shape index (κ3) is 2.71. The number of hydrogen-bond acceptors (Lipinski definition) is 2. The van der Waals surface area contributed by atoms with Gasteiger partial charge in [-0.15, -0.1) is 0 Å². The van der Waals surface area contributed by atoms with Crippen LogP contribution in [0.25, 0.3) is 0 Å². The topological polar surface area (TPSA) is 55.1 Å². The third-order valence-corrected chi connectivity index (χ3v) is 4.86. The van der Waals surface area contributed by atoms with E-state index in [4.69, 9.17) is 17.3 Å². The van der Waals surface area contributed by atoms with Crippen molar-refractivity contribution in [2.75, 3.05) is 11.1 Å². The summed E-state index contributed by atoms with van der Waals surface area (Å²) < 4.78 is 0. The van der Waals surface area contributed by atoms with Gasteiger partial charge in [-0.1, -0.05) is 18.0 Å². The van der Waals surface area contributed by atoms with E-state index in [0.717, 1.165) is 11.8 Å². The van der Waals surface area contributed by atoms with Crippen LogP contribution in [-0.2, 0) is 4.79 Å². The van der Waals surface area contributed by atoms with E-state index < -0.39 is 0 Å². The molecule has 2 bridgehead atoms. The summed E-state index contributed by atoms with van der Waals surface area (Å²) in [6.07, 6.45) is 5.85. The van der Waals surface area contributed by atoms with Crippen molar-refractivity contribution in [3.8, 4) is 0 Å². The van der Waals surface area contributed by atoms with Gasteiger partial charge in [0.15, 0.2) is 0 Å². The number of amides is 1. The number of fused-ring (bicyclic) bond motifs is 2. The molecule has 3 atom stereocenters. The zero-order valence-electron chi connectivity index (χ0n) is 10.9. The molecule has 0 aromatic heterocycles. The van der Waals surface area contributed by atoms with Crippen molar-refractivity contribution < 1.29 is 4.79 Å². The highest BCUT2D eigenvalue weighted by Crippen LogP contribution is 2.49. The number of carbonyl (C=O) groups excluding carboxylic acids is 1. The summed E-state index contributed by atoms with van der Waals surface area (Å²) in [5, 5.41) is 3.48. The van der Waals surface area contributed by atoms with Crippen molar-refractivity contribution in [2.24, 2.45) is 17.8 Å². The van der Waals surface area contributed by atoms with Crippen LogP contribution in [0.5, 0.6) is 0 Å². The minimum atomic E-state index is 0.0616. The highest BCUT2D eigenvalue weighted by molar-refractivity contribution is 6.31. The fourth-order valence-electron chi connectivity index (χ4n) is 3.70. The van der Waals surface area contributed by atoms with Crippen molar-refractivity contribution in [3.05, 3.63) is 23.2 Å². The molecule has 3 nitrogen and oxygen atoms in total. The van der Waals surface area contributed by atoms with Crippen molar-refractivity contribution in [3.63, 3.8) is 0 Å². The Morgan fingerprint density at radius 2 is 2.21 bits per heavy atom. The van der Waals surface area contributed by atoms with Gasteiger partial charge in [-0.3, -0.25) is 4.79 Å². The van der Waals surface area contributed by atoms with E-state index in [0.29, 0.717) is 28.7 Å². The molecule has 1 amide bonds. The number of rotatable bonds is 3. The van der Waals surface area contributed by atoms with Gasteiger partial charge in [0, 0.05) is 11.4 Å². The average Bonchev–Trinajstić information content (AvgIpc) is 2.96. The van der Waals surface area contributed by atoms with Gasteiger partial charge in [-0.25, -0.2) is 0 Å². The second kappa shape index (κ2) is 5.04. The first kappa shape index (κ1) is 12.8. The van der Waals surface area contributed by atoms with Crippen LogP contribution < -0.4 is 11.1 Å². The second-order valence-corrected chi connectivity index (χ2v) is 6.36. The van der Waals surface area contributed by atoms with Crippen LogP contribution in [-0.4, -0.2) is 5.91 Å². The molecule has 1 aromatic carbocycles. The van der Waals surface area contributed by atoms with E-state index in [9.17, 15) is 4.79 Å². The van der Waals surface area contributed by atoms with Crippen molar-refractivity contribution >= 4 is 28.9 Å². The van der Waals surface area contributed by atoms with Gasteiger partial charge >= 0.3 is 0 Å². The summed E-state index contributed by atoms with van der Waals surface area (Å²) >= 11 is 5.92. The number of nitrogens with one attached hydrogen (secondary N) is 1. The van der Waals surface area contributed by atoms with Gasteiger partial charge < -0.3 is 11.1 Å². The molecule has 3 N–H and O–H groups in total. The number of anilines is 2. The number of carbonyl (C=O) groups is 1. The molecule has 0 heterocycles. The second-order valence-electron chi connectivity index (χ2n) is 5.92. The third-order valence-electron chi connectivity index (χ3n) is 4.62. The molecule has 19 heavy (non-hydrogen) atoms. The van der Waals surface area contributed by atoms with Gasteiger partial charge in [0.25, 0.3) is 0 Å². The zero-order valence-corrected chi connectivity index (χ0v) is 11.6. The predicted octanol–water partition coefficient (Wildman–Crippen LogP) is 3.69. The summed E-state index contributed by atoms with van der Waals surface area (Å²) in [7, 11) is 0. The zero-order chi connectivity index (χ0) is 13.4. The van der Waals surface area contributed by atoms with Crippen LogP contribution in [0, 0.1) is 17.8 Å². The van der Waals surface area contributed by atoms with Gasteiger partial charge in [-0.2, -0.15) is 0 Å². The quantitative estimate of drug-likeness (QED) is 0.829. The Kier molecular flexibility index (Phi) is 3.40. The fourth-order valence-corrected chi connectivity index (χ4v) is 3.87. The van der Waals surface area contributed by atoms with E-state index in [-0.39, 0.29) is 5.91 Å². The molecule has 1 aromatic rings. The smallest absolute Gasteiger partial charge is 0.224 e. The molecule has 2 aliphatic carbocycles. The van der Waals surface area contributed by atoms with Crippen molar-refractivity contribution in [1.82, 2.24) is 0 Å². The van der Waals surface area contributed by atoms with Crippen LogP contribution in [0.15, 0.2) is 18.2 Å². The molecule has 102 valence electrons. The SMILES string of the molecule is Nc1ccc(Cl)cc1NC(=O)CC1CC2CCC1C2. The first-order valence-corrected chi connectivity index (χ1v) is 7.34. The average molecular weight is 279 g/mol. The highest BCUT2D eigenvalue weighted by atomic mass is 35.5. The molecule has 2 saturated carbocycles. The maximum absolute atomic E-state index is 12.1. The molecular weight excluding hydrogens is 260 g/mol. The van der Waals surface area contributed by atoms with Gasteiger partial charge in [0.05, 0.1) is 11.4 Å². The van der Waals surface area contributed by atoms with Crippen LogP contribution in [0.4, 0.5) is 11.4 Å².